The Kier molecular flexibility index (Phi) is 9.20. The molecule has 0 saturated carbocycles. The van der Waals surface area contributed by atoms with Gasteiger partial charge in [0.2, 0.25) is 0 Å². The monoisotopic (exact) mass is 556 g/mol. The van der Waals surface area contributed by atoms with Crippen molar-refractivity contribution < 1.29 is 24.2 Å². The number of methoxy groups -OCH3 is 1. The zero-order valence-electron chi connectivity index (χ0n) is 22.6. The number of aromatic nitrogens is 1. The van der Waals surface area contributed by atoms with Crippen molar-refractivity contribution in [3.63, 3.8) is 0 Å². The fraction of sp³-hybridized carbons (Fsp3) is 0.200. The maximum Gasteiger partial charge on any atom is 0.323 e. The molecule has 0 radical (unpaired) electrons. The van der Waals surface area contributed by atoms with Gasteiger partial charge in [-0.3, -0.25) is 14.5 Å². The number of para-hydroxylation sites is 1. The highest BCUT2D eigenvalue weighted by molar-refractivity contribution is 6.10. The summed E-state index contributed by atoms with van der Waals surface area (Å²) in [4.78, 5) is 44.1. The van der Waals surface area contributed by atoms with Crippen LogP contribution < -0.4 is 26.0 Å². The summed E-state index contributed by atoms with van der Waals surface area (Å²) in [6, 6.07) is 23.1. The average Bonchev–Trinajstić information content (AvgIpc) is 3.00. The number of carboxylic acid groups (broad SMARTS) is 1. The second-order valence-corrected chi connectivity index (χ2v) is 9.27. The summed E-state index contributed by atoms with van der Waals surface area (Å²) in [5.41, 5.74) is 13.1. The Morgan fingerprint density at radius 1 is 0.951 bits per heavy atom. The van der Waals surface area contributed by atoms with Gasteiger partial charge in [0.25, 0.3) is 5.91 Å². The minimum atomic E-state index is -1.09. The van der Waals surface area contributed by atoms with Crippen molar-refractivity contribution in [1.82, 2.24) is 9.88 Å². The van der Waals surface area contributed by atoms with Gasteiger partial charge in [-0.25, -0.2) is 9.78 Å². The van der Waals surface area contributed by atoms with Gasteiger partial charge in [-0.2, -0.15) is 0 Å². The van der Waals surface area contributed by atoms with Crippen LogP contribution in [-0.2, 0) is 4.79 Å². The van der Waals surface area contributed by atoms with Crippen LogP contribution in [0.4, 0.5) is 22.0 Å². The third-order valence-electron chi connectivity index (χ3n) is 6.66. The van der Waals surface area contributed by atoms with Crippen LogP contribution in [0.25, 0.3) is 10.8 Å². The van der Waals surface area contributed by atoms with Crippen LogP contribution in [0.1, 0.15) is 10.4 Å². The molecule has 0 unspecified atom stereocenters. The normalized spacial score (nSPS) is 12.7. The van der Waals surface area contributed by atoms with Crippen LogP contribution in [0.2, 0.25) is 0 Å². The highest BCUT2D eigenvalue weighted by Gasteiger charge is 2.21. The molecule has 1 fully saturated rings. The van der Waals surface area contributed by atoms with E-state index in [4.69, 9.17) is 21.3 Å². The number of benzene rings is 3. The van der Waals surface area contributed by atoms with Crippen LogP contribution in [0.5, 0.6) is 5.75 Å². The molecule has 11 nitrogen and oxygen atoms in total. The van der Waals surface area contributed by atoms with Crippen molar-refractivity contribution in [3.05, 3.63) is 90.6 Å². The number of amides is 3. The van der Waals surface area contributed by atoms with E-state index in [0.29, 0.717) is 35.5 Å². The molecule has 0 spiro atoms. The lowest BCUT2D eigenvalue weighted by Crippen LogP contribution is -2.50. The molecule has 11 heteroatoms. The largest absolute Gasteiger partial charge is 0.497 e. The zero-order chi connectivity index (χ0) is 29.4. The summed E-state index contributed by atoms with van der Waals surface area (Å²) in [6.45, 7) is 2.52. The molecule has 1 aliphatic rings. The smallest absolute Gasteiger partial charge is 0.323 e. The van der Waals surface area contributed by atoms with Crippen molar-refractivity contribution >= 4 is 45.9 Å². The van der Waals surface area contributed by atoms with Crippen LogP contribution in [-0.4, -0.2) is 72.7 Å². The fourth-order valence-electron chi connectivity index (χ4n) is 4.50. The number of hydrogen-bond acceptors (Lipinski definition) is 7. The number of rotatable bonds is 6. The lowest BCUT2D eigenvalue weighted by atomic mass is 10.1. The van der Waals surface area contributed by atoms with Crippen LogP contribution >= 0.6 is 0 Å². The van der Waals surface area contributed by atoms with Crippen molar-refractivity contribution in [2.24, 2.45) is 5.73 Å². The number of carbonyl (C=O) groups excluding carboxylic acids is 2. The molecule has 212 valence electrons. The van der Waals surface area contributed by atoms with E-state index >= 15 is 0 Å². The van der Waals surface area contributed by atoms with E-state index in [2.05, 4.69) is 9.88 Å². The molecule has 3 aromatic carbocycles. The van der Waals surface area contributed by atoms with Crippen molar-refractivity contribution in [1.29, 1.82) is 0 Å². The number of fused-ring (bicyclic) bond motifs is 1. The first kappa shape index (κ1) is 28.7. The molecule has 1 aromatic heterocycles. The van der Waals surface area contributed by atoms with Crippen LogP contribution in [0.15, 0.2) is 85.1 Å². The van der Waals surface area contributed by atoms with Gasteiger partial charge in [0.1, 0.15) is 18.1 Å². The molecule has 41 heavy (non-hydrogen) atoms. The number of ether oxygens (including phenoxy) is 1. The Bertz CT molecular complexity index is 1520. The van der Waals surface area contributed by atoms with E-state index in [1.54, 1.807) is 72.8 Å². The van der Waals surface area contributed by atoms with E-state index in [1.165, 1.54) is 4.90 Å². The Morgan fingerprint density at radius 2 is 1.68 bits per heavy atom. The third-order valence-corrected chi connectivity index (χ3v) is 6.66. The number of piperazine rings is 1. The zero-order valence-corrected chi connectivity index (χ0v) is 22.6. The molecule has 0 bridgehead atoms. The minimum absolute atomic E-state index is 0.326. The molecule has 5 N–H and O–H groups in total. The standard InChI is InChI=1S/C18H15N3O3.C12H17N3O2/c19-17-15-10-13(7-6-12(15)8-9-20-17)18(24)21(11-16(22)23)14-4-2-1-3-5-14;1-17-11-4-2-3-10(9-11)14-5-7-15(8-6-14)12(13)16/h1-10H,11H2,(H2,19,20)(H,22,23);2-4,9H,5-8H2,1H3,(H2,13,16). The lowest BCUT2D eigenvalue weighted by molar-refractivity contribution is -0.135. The number of pyridine rings is 1. The van der Waals surface area contributed by atoms with E-state index in [1.807, 2.05) is 24.3 Å². The molecule has 2 heterocycles. The van der Waals surface area contributed by atoms with Gasteiger partial charge < -0.3 is 31.1 Å². The third kappa shape index (κ3) is 7.21. The van der Waals surface area contributed by atoms with Gasteiger partial charge in [-0.1, -0.05) is 30.3 Å². The van der Waals surface area contributed by atoms with E-state index in [0.717, 1.165) is 29.9 Å². The number of nitrogens with two attached hydrogens (primary N) is 2. The lowest BCUT2D eigenvalue weighted by Gasteiger charge is -2.35. The number of aliphatic carboxylic acids is 1. The molecular formula is C30H32N6O5. The highest BCUT2D eigenvalue weighted by Crippen LogP contribution is 2.24. The average molecular weight is 557 g/mol. The first-order valence-electron chi connectivity index (χ1n) is 12.9. The van der Waals surface area contributed by atoms with Gasteiger partial charge in [0.05, 0.1) is 7.11 Å². The topological polar surface area (TPSA) is 155 Å². The summed E-state index contributed by atoms with van der Waals surface area (Å²) in [6.07, 6.45) is 1.60. The Balaban J connectivity index is 0.000000201. The number of hydrogen-bond donors (Lipinski definition) is 3. The SMILES string of the molecule is COc1cccc(N2CCN(C(N)=O)CC2)c1.Nc1nccc2ccc(C(=O)N(CC(=O)O)c3ccccc3)cc12. The quantitative estimate of drug-likeness (QED) is 0.326. The van der Waals surface area contributed by atoms with E-state index in [-0.39, 0.29) is 6.03 Å². The van der Waals surface area contributed by atoms with Crippen molar-refractivity contribution in [2.75, 3.05) is 55.4 Å². The van der Waals surface area contributed by atoms with Crippen LogP contribution in [0.3, 0.4) is 0 Å². The Morgan fingerprint density at radius 3 is 2.34 bits per heavy atom. The number of nitrogens with zero attached hydrogens (tertiary/aromatic N) is 4. The van der Waals surface area contributed by atoms with Gasteiger partial charge in [0.15, 0.2) is 0 Å². The van der Waals surface area contributed by atoms with Gasteiger partial charge >= 0.3 is 12.0 Å². The first-order valence-corrected chi connectivity index (χ1v) is 12.9. The molecular weight excluding hydrogens is 524 g/mol. The predicted octanol–water partition coefficient (Wildman–Crippen LogP) is 3.44. The molecule has 1 saturated heterocycles. The van der Waals surface area contributed by atoms with Gasteiger partial charge in [-0.15, -0.1) is 0 Å². The number of carboxylic acids is 1. The maximum atomic E-state index is 12.8. The van der Waals surface area contributed by atoms with E-state index in [9.17, 15) is 14.4 Å². The van der Waals surface area contributed by atoms with Crippen molar-refractivity contribution in [2.45, 2.75) is 0 Å². The predicted molar refractivity (Wildman–Crippen MR) is 158 cm³/mol. The fourth-order valence-corrected chi connectivity index (χ4v) is 4.50. The second kappa shape index (κ2) is 13.2. The summed E-state index contributed by atoms with van der Waals surface area (Å²) >= 11 is 0. The molecule has 3 amide bonds. The number of carbonyl (C=O) groups is 3. The first-order chi connectivity index (χ1) is 19.8. The minimum Gasteiger partial charge on any atom is -0.497 e. The number of anilines is 3. The number of urea groups is 1. The maximum absolute atomic E-state index is 12.8. The van der Waals surface area contributed by atoms with Gasteiger partial charge in [-0.05, 0) is 47.9 Å². The molecule has 0 atom stereocenters. The molecule has 1 aliphatic heterocycles. The van der Waals surface area contributed by atoms with Crippen LogP contribution in [0, 0.1) is 0 Å². The molecule has 4 aromatic rings. The number of nitrogen functional groups attached to an aromatic ring is 1. The highest BCUT2D eigenvalue weighted by atomic mass is 16.5. The summed E-state index contributed by atoms with van der Waals surface area (Å²) in [5, 5.41) is 10.7. The number of primary amides is 1. The Hall–Kier alpha value is -5.32. The molecule has 0 aliphatic carbocycles. The second-order valence-electron chi connectivity index (χ2n) is 9.27. The summed E-state index contributed by atoms with van der Waals surface area (Å²) in [7, 11) is 1.66. The van der Waals surface area contributed by atoms with Gasteiger partial charge in [0, 0.05) is 60.8 Å². The van der Waals surface area contributed by atoms with Crippen molar-refractivity contribution in [3.8, 4) is 5.75 Å². The van der Waals surface area contributed by atoms with E-state index < -0.39 is 18.4 Å². The summed E-state index contributed by atoms with van der Waals surface area (Å²) in [5.74, 6) is -0.325. The summed E-state index contributed by atoms with van der Waals surface area (Å²) < 4.78 is 5.19. The Labute approximate surface area is 237 Å². The molecule has 5 rings (SSSR count).